The Hall–Kier alpha value is -1.91. The fraction of sp³-hybridized carbons (Fsp3) is 0.111. The molecule has 0 saturated heterocycles. The van der Waals surface area contributed by atoms with Gasteiger partial charge < -0.3 is 10.2 Å². The van der Waals surface area contributed by atoms with Crippen LogP contribution >= 0.6 is 0 Å². The van der Waals surface area contributed by atoms with Crippen molar-refractivity contribution < 1.29 is 24.2 Å². The fourth-order valence-electron chi connectivity index (χ4n) is 1.02. The molecule has 2 N–H and O–H groups in total. The van der Waals surface area contributed by atoms with Gasteiger partial charge in [0.2, 0.25) is 0 Å². The molecule has 4 nitrogen and oxygen atoms in total. The van der Waals surface area contributed by atoms with Gasteiger partial charge in [-0.05, 0) is 24.6 Å². The smallest absolute Gasteiger partial charge is 0.377 e. The third kappa shape index (κ3) is 1.71. The molecule has 14 heavy (non-hydrogen) atoms. The average molecular weight is 198 g/mol. The molecular weight excluding hydrogens is 191 g/mol. The van der Waals surface area contributed by atoms with E-state index in [0.29, 0.717) is 5.56 Å². The Bertz CT molecular complexity index is 412. The number of aryl methyl sites for hydroxylation is 1. The molecule has 0 aromatic heterocycles. The lowest BCUT2D eigenvalue weighted by Crippen LogP contribution is -2.13. The molecule has 1 rings (SSSR count). The molecule has 0 atom stereocenters. The Kier molecular flexibility index (Phi) is 2.51. The number of Topliss-reactive ketones (excluding diaryl/α,β-unsaturated/α-hetero) is 1. The van der Waals surface area contributed by atoms with Crippen molar-refractivity contribution in [1.82, 2.24) is 0 Å². The highest BCUT2D eigenvalue weighted by Gasteiger charge is 2.21. The van der Waals surface area contributed by atoms with Gasteiger partial charge in [0.25, 0.3) is 5.78 Å². The van der Waals surface area contributed by atoms with Crippen molar-refractivity contribution in [1.29, 1.82) is 0 Å². The van der Waals surface area contributed by atoms with E-state index in [9.17, 15) is 14.0 Å². The van der Waals surface area contributed by atoms with E-state index in [0.717, 1.165) is 12.1 Å². The normalized spacial score (nSPS) is 9.86. The van der Waals surface area contributed by atoms with Crippen LogP contribution in [-0.2, 0) is 4.79 Å². The van der Waals surface area contributed by atoms with Gasteiger partial charge in [0, 0.05) is 0 Å². The van der Waals surface area contributed by atoms with Crippen molar-refractivity contribution in [3.05, 3.63) is 29.1 Å². The predicted octanol–water partition coefficient (Wildman–Crippen LogP) is 1.11. The van der Waals surface area contributed by atoms with Crippen LogP contribution in [0.2, 0.25) is 0 Å². The minimum absolute atomic E-state index is 0.366. The molecule has 0 amide bonds. The van der Waals surface area contributed by atoms with Crippen molar-refractivity contribution in [3.63, 3.8) is 0 Å². The van der Waals surface area contributed by atoms with Gasteiger partial charge in [0.05, 0.1) is 5.56 Å². The summed E-state index contributed by atoms with van der Waals surface area (Å²) in [6.45, 7) is 1.49. The maximum absolute atomic E-state index is 12.9. The molecule has 0 aliphatic rings. The molecule has 0 spiro atoms. The molecule has 0 aliphatic carbocycles. The van der Waals surface area contributed by atoms with E-state index < -0.39 is 28.9 Å². The number of carbonyl (C=O) groups is 2. The van der Waals surface area contributed by atoms with Crippen molar-refractivity contribution in [2.45, 2.75) is 6.92 Å². The molecule has 1 aromatic carbocycles. The molecule has 0 radical (unpaired) electrons. The Balaban J connectivity index is 3.34. The quantitative estimate of drug-likeness (QED) is 0.551. The molecular formula is C9H7FO4. The highest BCUT2D eigenvalue weighted by atomic mass is 19.1. The summed E-state index contributed by atoms with van der Waals surface area (Å²) in [6.07, 6.45) is 0. The lowest BCUT2D eigenvalue weighted by atomic mass is 10.1. The summed E-state index contributed by atoms with van der Waals surface area (Å²) >= 11 is 0. The summed E-state index contributed by atoms with van der Waals surface area (Å²) in [5, 5.41) is 17.4. The number of carbonyl (C=O) groups excluding carboxylic acids is 1. The van der Waals surface area contributed by atoms with Gasteiger partial charge >= 0.3 is 5.97 Å². The number of hydrogen-bond donors (Lipinski definition) is 2. The first kappa shape index (κ1) is 10.2. The van der Waals surface area contributed by atoms with E-state index in [4.69, 9.17) is 10.2 Å². The number of aromatic hydroxyl groups is 1. The Morgan fingerprint density at radius 2 is 1.93 bits per heavy atom. The summed E-state index contributed by atoms with van der Waals surface area (Å²) in [5.41, 5.74) is -0.167. The Morgan fingerprint density at radius 1 is 1.36 bits per heavy atom. The lowest BCUT2D eigenvalue weighted by Gasteiger charge is -2.03. The van der Waals surface area contributed by atoms with Crippen LogP contribution in [0.3, 0.4) is 0 Å². The largest absolute Gasteiger partial charge is 0.504 e. The minimum Gasteiger partial charge on any atom is -0.504 e. The highest BCUT2D eigenvalue weighted by molar-refractivity contribution is 6.40. The second-order valence-electron chi connectivity index (χ2n) is 2.78. The zero-order chi connectivity index (χ0) is 10.9. The number of aliphatic carboxylic acids is 1. The molecule has 0 heterocycles. The van der Waals surface area contributed by atoms with Crippen LogP contribution in [0.15, 0.2) is 12.1 Å². The monoisotopic (exact) mass is 198 g/mol. The van der Waals surface area contributed by atoms with E-state index >= 15 is 0 Å². The van der Waals surface area contributed by atoms with Crippen LogP contribution in [0.1, 0.15) is 15.9 Å². The number of phenolic OH excluding ortho intramolecular Hbond substituents is 1. The molecule has 0 unspecified atom stereocenters. The van der Waals surface area contributed by atoms with E-state index in [1.807, 2.05) is 0 Å². The van der Waals surface area contributed by atoms with Crippen LogP contribution in [0.5, 0.6) is 5.75 Å². The first-order valence-corrected chi connectivity index (χ1v) is 3.70. The van der Waals surface area contributed by atoms with Gasteiger partial charge in [-0.25, -0.2) is 9.18 Å². The van der Waals surface area contributed by atoms with Crippen molar-refractivity contribution in [2.24, 2.45) is 0 Å². The number of halogens is 1. The highest BCUT2D eigenvalue weighted by Crippen LogP contribution is 2.23. The minimum atomic E-state index is -1.73. The van der Waals surface area contributed by atoms with Crippen LogP contribution in [-0.4, -0.2) is 22.0 Å². The van der Waals surface area contributed by atoms with Gasteiger partial charge in [-0.2, -0.15) is 0 Å². The van der Waals surface area contributed by atoms with E-state index in [1.54, 1.807) is 0 Å². The van der Waals surface area contributed by atoms with Crippen LogP contribution in [0.4, 0.5) is 4.39 Å². The molecule has 0 fully saturated rings. The van der Waals surface area contributed by atoms with Crippen molar-refractivity contribution in [2.75, 3.05) is 0 Å². The van der Waals surface area contributed by atoms with Gasteiger partial charge in [0.1, 0.15) is 0 Å². The first-order valence-electron chi connectivity index (χ1n) is 3.70. The molecule has 1 aromatic rings. The number of rotatable bonds is 2. The summed E-state index contributed by atoms with van der Waals surface area (Å²) < 4.78 is 12.9. The summed E-state index contributed by atoms with van der Waals surface area (Å²) in [6, 6.07) is 2.13. The maximum atomic E-state index is 12.9. The fourth-order valence-corrected chi connectivity index (χ4v) is 1.02. The summed E-state index contributed by atoms with van der Waals surface area (Å²) in [4.78, 5) is 21.2. The third-order valence-corrected chi connectivity index (χ3v) is 1.65. The van der Waals surface area contributed by atoms with E-state index in [-0.39, 0.29) is 0 Å². The lowest BCUT2D eigenvalue weighted by molar-refractivity contribution is -0.131. The van der Waals surface area contributed by atoms with Gasteiger partial charge in [-0.15, -0.1) is 0 Å². The van der Waals surface area contributed by atoms with Crippen LogP contribution in [0, 0.1) is 12.7 Å². The maximum Gasteiger partial charge on any atom is 0.377 e. The second kappa shape index (κ2) is 3.45. The van der Waals surface area contributed by atoms with Crippen molar-refractivity contribution in [3.8, 4) is 5.75 Å². The summed E-state index contributed by atoms with van der Waals surface area (Å²) in [7, 11) is 0. The topological polar surface area (TPSA) is 74.6 Å². The Morgan fingerprint density at radius 3 is 2.43 bits per heavy atom. The van der Waals surface area contributed by atoms with E-state index in [1.165, 1.54) is 6.92 Å². The number of ketones is 1. The van der Waals surface area contributed by atoms with Crippen LogP contribution < -0.4 is 0 Å². The van der Waals surface area contributed by atoms with Gasteiger partial charge in [-0.3, -0.25) is 4.79 Å². The Labute approximate surface area is 78.6 Å². The summed E-state index contributed by atoms with van der Waals surface area (Å²) in [5.74, 6) is -4.99. The predicted molar refractivity (Wildman–Crippen MR) is 44.8 cm³/mol. The van der Waals surface area contributed by atoms with Crippen molar-refractivity contribution >= 4 is 11.8 Å². The third-order valence-electron chi connectivity index (χ3n) is 1.65. The number of hydrogen-bond acceptors (Lipinski definition) is 3. The molecule has 74 valence electrons. The SMILES string of the molecule is Cc1cc(F)c(O)c(C(=O)C(=O)O)c1. The number of benzene rings is 1. The zero-order valence-corrected chi connectivity index (χ0v) is 7.24. The van der Waals surface area contributed by atoms with Gasteiger partial charge in [-0.1, -0.05) is 0 Å². The second-order valence-corrected chi connectivity index (χ2v) is 2.78. The van der Waals surface area contributed by atoms with Crippen LogP contribution in [0.25, 0.3) is 0 Å². The first-order chi connectivity index (χ1) is 6.43. The standard InChI is InChI=1S/C9H7FO4/c1-4-2-5(8(12)9(13)14)7(11)6(10)3-4/h2-3,11H,1H3,(H,13,14). The molecule has 0 saturated carbocycles. The van der Waals surface area contributed by atoms with Gasteiger partial charge in [0.15, 0.2) is 11.6 Å². The number of carboxylic acid groups (broad SMARTS) is 1. The van der Waals surface area contributed by atoms with E-state index in [2.05, 4.69) is 0 Å². The number of phenols is 1. The molecule has 5 heteroatoms. The zero-order valence-electron chi connectivity index (χ0n) is 7.24. The molecule has 0 aliphatic heterocycles. The average Bonchev–Trinajstić information content (AvgIpc) is 2.09. The number of carboxylic acids is 1. The molecule has 0 bridgehead atoms.